The molecule has 0 N–H and O–H groups in total. The summed E-state index contributed by atoms with van der Waals surface area (Å²) in [6.07, 6.45) is 32.9. The van der Waals surface area contributed by atoms with Crippen LogP contribution in [0.4, 0.5) is 0 Å². The SMILES string of the molecule is C/C=C\c1sc2ccccc2c1C.C=C/C=C\C1C=C(C)CN(C/N=C(\C=C=CN=C)CC)C2=c3c(c4ccccc4n3C3=CC(c4ccc5sc6ccccc6c5c4)=CCC=C3)=CC=C1C2.CC.CC. The lowest BCUT2D eigenvalue weighted by Crippen LogP contribution is -2.39. The number of fused-ring (bicyclic) bond motifs is 9. The van der Waals surface area contributed by atoms with Crippen molar-refractivity contribution < 1.29 is 0 Å². The Morgan fingerprint density at radius 2 is 1.58 bits per heavy atom. The molecule has 4 nitrogen and oxygen atoms in total. The van der Waals surface area contributed by atoms with Gasteiger partial charge in [0.15, 0.2) is 0 Å². The molecule has 10 rings (SSSR count). The number of hydrogen-bond acceptors (Lipinski definition) is 5. The number of aliphatic imine (C=N–C) groups is 2. The van der Waals surface area contributed by atoms with Gasteiger partial charge in [-0.05, 0) is 111 Å². The summed E-state index contributed by atoms with van der Waals surface area (Å²) in [6, 6.07) is 33.1. The van der Waals surface area contributed by atoms with Gasteiger partial charge in [-0.15, -0.1) is 22.7 Å². The Balaban J connectivity index is 0.000000371. The molecule has 3 aromatic heterocycles. The van der Waals surface area contributed by atoms with Crippen molar-refractivity contribution in [2.75, 3.05) is 13.2 Å². The number of nitrogens with zero attached hydrogens (tertiary/aromatic N) is 4. The first kappa shape index (κ1) is 51.8. The Bertz CT molecular complexity index is 3520. The molecular weight excluding hydrogens is 901 g/mol. The molecule has 0 saturated heterocycles. The lowest BCUT2D eigenvalue weighted by Gasteiger charge is -2.31. The Morgan fingerprint density at radius 3 is 2.31 bits per heavy atom. The van der Waals surface area contributed by atoms with Crippen LogP contribution in [0.1, 0.15) is 83.7 Å². The zero-order chi connectivity index (χ0) is 50.3. The fourth-order valence-electron chi connectivity index (χ4n) is 9.40. The third-order valence-electron chi connectivity index (χ3n) is 12.6. The van der Waals surface area contributed by atoms with Gasteiger partial charge >= 0.3 is 0 Å². The Kier molecular flexibility index (Phi) is 18.3. The molecular formula is C65H68N4S2. The van der Waals surface area contributed by atoms with Gasteiger partial charge in [0, 0.05) is 82.4 Å². The van der Waals surface area contributed by atoms with E-state index < -0.39 is 0 Å². The summed E-state index contributed by atoms with van der Waals surface area (Å²) in [7, 11) is 0. The molecule has 0 saturated carbocycles. The molecule has 2 aliphatic carbocycles. The maximum absolute atomic E-state index is 5.16. The van der Waals surface area contributed by atoms with Crippen LogP contribution >= 0.6 is 22.7 Å². The summed E-state index contributed by atoms with van der Waals surface area (Å²) in [5.74, 6) is 0.170. The van der Waals surface area contributed by atoms with Crippen molar-refractivity contribution in [3.8, 4) is 0 Å². The predicted molar refractivity (Wildman–Crippen MR) is 319 cm³/mol. The zero-order valence-corrected chi connectivity index (χ0v) is 44.5. The third kappa shape index (κ3) is 11.6. The Morgan fingerprint density at radius 1 is 0.859 bits per heavy atom. The number of allylic oxidation sites excluding steroid dienone is 13. The molecule has 4 aromatic carbocycles. The second-order valence-corrected chi connectivity index (χ2v) is 19.2. The lowest BCUT2D eigenvalue weighted by molar-refractivity contribution is 0.422. The quantitative estimate of drug-likeness (QED) is 0.0582. The smallest absolute Gasteiger partial charge is 0.110 e. The van der Waals surface area contributed by atoms with Crippen molar-refractivity contribution in [2.45, 2.75) is 74.7 Å². The molecule has 0 amide bonds. The van der Waals surface area contributed by atoms with Crippen LogP contribution in [0.2, 0.25) is 0 Å². The summed E-state index contributed by atoms with van der Waals surface area (Å²) in [6.45, 7) is 25.4. The van der Waals surface area contributed by atoms with Crippen LogP contribution in [0.5, 0.6) is 0 Å². The highest BCUT2D eigenvalue weighted by atomic mass is 32.1. The van der Waals surface area contributed by atoms with Crippen LogP contribution in [-0.4, -0.2) is 35.1 Å². The van der Waals surface area contributed by atoms with Crippen molar-refractivity contribution in [1.82, 2.24) is 9.47 Å². The highest BCUT2D eigenvalue weighted by molar-refractivity contribution is 7.25. The average molecular weight is 969 g/mol. The largest absolute Gasteiger partial charge is 0.349 e. The van der Waals surface area contributed by atoms with Crippen molar-refractivity contribution in [2.24, 2.45) is 15.9 Å². The number of para-hydroxylation sites is 1. The molecule has 2 bridgehead atoms. The van der Waals surface area contributed by atoms with Gasteiger partial charge in [0.25, 0.3) is 0 Å². The van der Waals surface area contributed by atoms with E-state index in [0.717, 1.165) is 37.2 Å². The highest BCUT2D eigenvalue weighted by Crippen LogP contribution is 2.37. The molecule has 0 radical (unpaired) electrons. The van der Waals surface area contributed by atoms with Gasteiger partial charge in [-0.25, -0.2) is 0 Å². The van der Waals surface area contributed by atoms with E-state index in [0.29, 0.717) is 6.67 Å². The normalized spacial score (nSPS) is 15.5. The molecule has 0 spiro atoms. The first-order chi connectivity index (χ1) is 34.9. The van der Waals surface area contributed by atoms with Gasteiger partial charge in [0.05, 0.1) is 17.1 Å². The molecule has 71 heavy (non-hydrogen) atoms. The molecule has 7 aromatic rings. The minimum Gasteiger partial charge on any atom is -0.349 e. The van der Waals surface area contributed by atoms with E-state index in [2.05, 4.69) is 219 Å². The summed E-state index contributed by atoms with van der Waals surface area (Å²) in [5.41, 5.74) is 14.2. The monoisotopic (exact) mass is 968 g/mol. The highest BCUT2D eigenvalue weighted by Gasteiger charge is 2.25. The lowest BCUT2D eigenvalue weighted by atomic mass is 9.90. The van der Waals surface area contributed by atoms with E-state index in [-0.39, 0.29) is 5.92 Å². The van der Waals surface area contributed by atoms with Gasteiger partial charge in [-0.1, -0.05) is 173 Å². The van der Waals surface area contributed by atoms with Crippen LogP contribution in [0.15, 0.2) is 197 Å². The molecule has 1 unspecified atom stereocenters. The molecule has 3 aliphatic rings. The van der Waals surface area contributed by atoms with Crippen LogP contribution in [0, 0.1) is 12.8 Å². The van der Waals surface area contributed by atoms with Crippen LogP contribution < -0.4 is 10.6 Å². The molecule has 360 valence electrons. The maximum Gasteiger partial charge on any atom is 0.110 e. The predicted octanol–water partition coefficient (Wildman–Crippen LogP) is 17.2. The number of aromatic nitrogens is 1. The minimum absolute atomic E-state index is 0.170. The standard InChI is InChI=1S/C49H44N4S.C12H12S.2C2H6/c1-5-7-15-35-28-34(3)32-52(33-51-39(6-2)17-14-27-50-4)46-31-38(35)23-25-43-41-19-10-12-21-45(41)53(49(43)46)40-18-9-8-16-36(29-40)37-24-26-48-44(30-37)42-20-11-13-22-47(42)54-48;1-3-6-11-9(2)10-7-4-5-8-12(10)13-11;2*1-2/h5,7,9-13,15-30,35H,1,4,6,8,31-33H2,2-3H3;3-8H,1-2H3;2*1-2H3/b15-7-,34-28?,51-39-;6-3-;;. The molecule has 6 heteroatoms. The number of thiophene rings is 2. The van der Waals surface area contributed by atoms with Gasteiger partial charge in [-0.2, -0.15) is 0 Å². The first-order valence-corrected chi connectivity index (χ1v) is 26.8. The van der Waals surface area contributed by atoms with E-state index in [1.165, 1.54) is 90.1 Å². The van der Waals surface area contributed by atoms with E-state index >= 15 is 0 Å². The van der Waals surface area contributed by atoms with E-state index in [1.54, 1.807) is 6.20 Å². The van der Waals surface area contributed by atoms with Crippen molar-refractivity contribution in [3.05, 3.63) is 214 Å². The minimum atomic E-state index is 0.170. The first-order valence-electron chi connectivity index (χ1n) is 25.1. The van der Waals surface area contributed by atoms with Crippen molar-refractivity contribution in [3.63, 3.8) is 0 Å². The zero-order valence-electron chi connectivity index (χ0n) is 42.9. The fourth-order valence-corrected chi connectivity index (χ4v) is 11.7. The Labute approximate surface area is 430 Å². The summed E-state index contributed by atoms with van der Waals surface area (Å²) < 4.78 is 6.54. The fraction of sp³-hybridized carbons (Fsp3) is 0.215. The number of aryl methyl sites for hydroxylation is 1. The van der Waals surface area contributed by atoms with Crippen LogP contribution in [0.25, 0.3) is 70.3 Å². The molecule has 1 aliphatic heterocycles. The Hall–Kier alpha value is -7.08. The van der Waals surface area contributed by atoms with Gasteiger partial charge in [0.2, 0.25) is 0 Å². The maximum atomic E-state index is 5.16. The summed E-state index contributed by atoms with van der Waals surface area (Å²) in [5, 5.41) is 7.72. The molecule has 4 heterocycles. The number of rotatable bonds is 10. The second kappa shape index (κ2) is 25.2. The van der Waals surface area contributed by atoms with Crippen LogP contribution in [-0.2, 0) is 0 Å². The van der Waals surface area contributed by atoms with Crippen molar-refractivity contribution >= 4 is 105 Å². The van der Waals surface area contributed by atoms with E-state index in [4.69, 9.17) is 4.99 Å². The molecule has 0 fully saturated rings. The van der Waals surface area contributed by atoms with E-state index in [1.807, 2.05) is 62.5 Å². The average Bonchev–Trinajstić information content (AvgIpc) is 3.90. The third-order valence-corrected chi connectivity index (χ3v) is 15.0. The van der Waals surface area contributed by atoms with Gasteiger partial charge < -0.3 is 9.47 Å². The van der Waals surface area contributed by atoms with Gasteiger partial charge in [-0.3, -0.25) is 9.98 Å². The summed E-state index contributed by atoms with van der Waals surface area (Å²) >= 11 is 3.73. The summed E-state index contributed by atoms with van der Waals surface area (Å²) in [4.78, 5) is 12.8. The number of hydrogen-bond donors (Lipinski definition) is 0. The molecule has 1 atom stereocenters. The van der Waals surface area contributed by atoms with E-state index in [9.17, 15) is 0 Å². The second-order valence-electron chi connectivity index (χ2n) is 17.0. The topological polar surface area (TPSA) is 32.9 Å². The van der Waals surface area contributed by atoms with Crippen LogP contribution in [0.3, 0.4) is 0 Å². The van der Waals surface area contributed by atoms with Crippen molar-refractivity contribution in [1.29, 1.82) is 0 Å². The van der Waals surface area contributed by atoms with Gasteiger partial charge in [0.1, 0.15) is 6.67 Å². The number of benzene rings is 4.